The monoisotopic (exact) mass is 463 g/mol. The maximum Gasteiger partial charge on any atom is 0.251 e. The molecule has 2 aromatic rings. The molecule has 2 atom stereocenters. The molecule has 180 valence electrons. The van der Waals surface area contributed by atoms with Gasteiger partial charge < -0.3 is 21.3 Å². The number of hydrogen-bond acceptors (Lipinski definition) is 5. The SMILES string of the molecule is CC(C(=O)Nc1ccc(N2CC(CNC(=O)c3cccc(CN)c3)CC2=O)cc1)N1CCCC1. The summed E-state index contributed by atoms with van der Waals surface area (Å²) in [6.07, 6.45) is 2.67. The molecule has 0 bridgehead atoms. The first-order chi connectivity index (χ1) is 16.4. The van der Waals surface area contributed by atoms with Gasteiger partial charge in [-0.15, -0.1) is 0 Å². The van der Waals surface area contributed by atoms with Gasteiger partial charge >= 0.3 is 0 Å². The van der Waals surface area contributed by atoms with E-state index >= 15 is 0 Å². The number of amides is 3. The van der Waals surface area contributed by atoms with Crippen molar-refractivity contribution < 1.29 is 14.4 Å². The molecule has 2 aromatic carbocycles. The van der Waals surface area contributed by atoms with E-state index in [4.69, 9.17) is 5.73 Å². The number of nitrogens with one attached hydrogen (secondary N) is 2. The number of rotatable bonds is 8. The van der Waals surface area contributed by atoms with Crippen molar-refractivity contribution >= 4 is 29.1 Å². The number of nitrogens with two attached hydrogens (primary N) is 1. The first-order valence-corrected chi connectivity index (χ1v) is 12.0. The molecule has 3 amide bonds. The lowest BCUT2D eigenvalue weighted by Gasteiger charge is -2.23. The van der Waals surface area contributed by atoms with Gasteiger partial charge in [-0.05, 0) is 74.8 Å². The number of likely N-dealkylation sites (tertiary alicyclic amines) is 1. The van der Waals surface area contributed by atoms with E-state index in [1.54, 1.807) is 17.0 Å². The molecule has 2 unspecified atom stereocenters. The van der Waals surface area contributed by atoms with E-state index in [1.807, 2.05) is 43.3 Å². The van der Waals surface area contributed by atoms with Crippen LogP contribution in [-0.2, 0) is 16.1 Å². The maximum atomic E-state index is 12.6. The van der Waals surface area contributed by atoms with Gasteiger partial charge in [0.05, 0.1) is 6.04 Å². The molecule has 4 rings (SSSR count). The van der Waals surface area contributed by atoms with Crippen molar-refractivity contribution in [3.8, 4) is 0 Å². The van der Waals surface area contributed by atoms with Gasteiger partial charge in [-0.2, -0.15) is 0 Å². The molecule has 8 nitrogen and oxygen atoms in total. The summed E-state index contributed by atoms with van der Waals surface area (Å²) in [5.74, 6) is -0.109. The van der Waals surface area contributed by atoms with E-state index in [-0.39, 0.29) is 29.7 Å². The van der Waals surface area contributed by atoms with Crippen LogP contribution in [0.5, 0.6) is 0 Å². The number of carbonyl (C=O) groups excluding carboxylic acids is 3. The molecule has 2 aliphatic heterocycles. The minimum atomic E-state index is -0.163. The van der Waals surface area contributed by atoms with Gasteiger partial charge in [0.15, 0.2) is 0 Å². The summed E-state index contributed by atoms with van der Waals surface area (Å²) < 4.78 is 0. The van der Waals surface area contributed by atoms with Crippen LogP contribution in [0, 0.1) is 5.92 Å². The molecule has 2 heterocycles. The van der Waals surface area contributed by atoms with Crippen molar-refractivity contribution in [3.63, 3.8) is 0 Å². The van der Waals surface area contributed by atoms with Crippen LogP contribution in [0.2, 0.25) is 0 Å². The van der Waals surface area contributed by atoms with Crippen LogP contribution in [0.4, 0.5) is 11.4 Å². The first kappa shape index (κ1) is 23.9. The fraction of sp³-hybridized carbons (Fsp3) is 0.423. The zero-order valence-corrected chi connectivity index (χ0v) is 19.6. The summed E-state index contributed by atoms with van der Waals surface area (Å²) in [5, 5.41) is 5.91. The third kappa shape index (κ3) is 5.63. The number of benzene rings is 2. The Hall–Kier alpha value is -3.23. The molecule has 0 aliphatic carbocycles. The predicted molar refractivity (Wildman–Crippen MR) is 132 cm³/mol. The van der Waals surface area contributed by atoms with Crippen molar-refractivity contribution in [1.82, 2.24) is 10.2 Å². The van der Waals surface area contributed by atoms with E-state index in [2.05, 4.69) is 15.5 Å². The molecule has 0 spiro atoms. The zero-order valence-electron chi connectivity index (χ0n) is 19.6. The highest BCUT2D eigenvalue weighted by Gasteiger charge is 2.31. The summed E-state index contributed by atoms with van der Waals surface area (Å²) in [7, 11) is 0. The Morgan fingerprint density at radius 2 is 1.85 bits per heavy atom. The van der Waals surface area contributed by atoms with Gasteiger partial charge in [-0.3, -0.25) is 19.3 Å². The largest absolute Gasteiger partial charge is 0.352 e. The second-order valence-electron chi connectivity index (χ2n) is 9.14. The zero-order chi connectivity index (χ0) is 24.1. The van der Waals surface area contributed by atoms with Gasteiger partial charge in [0, 0.05) is 48.9 Å². The Morgan fingerprint density at radius 1 is 1.12 bits per heavy atom. The average molecular weight is 464 g/mol. The molecule has 34 heavy (non-hydrogen) atoms. The van der Waals surface area contributed by atoms with Gasteiger partial charge in [0.2, 0.25) is 11.8 Å². The van der Waals surface area contributed by atoms with Gasteiger partial charge in [0.25, 0.3) is 5.91 Å². The van der Waals surface area contributed by atoms with Gasteiger partial charge in [0.1, 0.15) is 0 Å². The molecular weight excluding hydrogens is 430 g/mol. The molecule has 0 saturated carbocycles. The smallest absolute Gasteiger partial charge is 0.251 e. The lowest BCUT2D eigenvalue weighted by molar-refractivity contribution is -0.120. The van der Waals surface area contributed by atoms with Crippen LogP contribution < -0.4 is 21.3 Å². The van der Waals surface area contributed by atoms with E-state index in [0.29, 0.717) is 31.6 Å². The van der Waals surface area contributed by atoms with Crippen molar-refractivity contribution in [2.75, 3.05) is 36.4 Å². The topological polar surface area (TPSA) is 108 Å². The van der Waals surface area contributed by atoms with Gasteiger partial charge in [-0.1, -0.05) is 12.1 Å². The average Bonchev–Trinajstić information content (AvgIpc) is 3.52. The highest BCUT2D eigenvalue weighted by Crippen LogP contribution is 2.26. The van der Waals surface area contributed by atoms with E-state index in [9.17, 15) is 14.4 Å². The van der Waals surface area contributed by atoms with Crippen LogP contribution in [0.3, 0.4) is 0 Å². The van der Waals surface area contributed by atoms with Crippen molar-refractivity contribution in [3.05, 3.63) is 59.7 Å². The molecule has 2 aliphatic rings. The lowest BCUT2D eigenvalue weighted by atomic mass is 10.1. The summed E-state index contributed by atoms with van der Waals surface area (Å²) in [4.78, 5) is 41.6. The fourth-order valence-electron chi connectivity index (χ4n) is 4.61. The van der Waals surface area contributed by atoms with Gasteiger partial charge in [-0.25, -0.2) is 0 Å². The molecule has 0 radical (unpaired) electrons. The Kier molecular flexibility index (Phi) is 7.59. The quantitative estimate of drug-likeness (QED) is 0.557. The third-order valence-corrected chi connectivity index (χ3v) is 6.70. The highest BCUT2D eigenvalue weighted by molar-refractivity contribution is 5.98. The Labute approximate surface area is 200 Å². The van der Waals surface area contributed by atoms with Crippen LogP contribution in [0.1, 0.15) is 42.1 Å². The minimum Gasteiger partial charge on any atom is -0.352 e. The van der Waals surface area contributed by atoms with Crippen LogP contribution in [0.15, 0.2) is 48.5 Å². The second kappa shape index (κ2) is 10.8. The summed E-state index contributed by atoms with van der Waals surface area (Å²) in [5.41, 5.74) is 8.64. The van der Waals surface area contributed by atoms with E-state index in [1.165, 1.54) is 0 Å². The second-order valence-corrected chi connectivity index (χ2v) is 9.14. The van der Waals surface area contributed by atoms with Crippen molar-refractivity contribution in [2.24, 2.45) is 11.7 Å². The van der Waals surface area contributed by atoms with Crippen LogP contribution in [0.25, 0.3) is 0 Å². The lowest BCUT2D eigenvalue weighted by Crippen LogP contribution is -2.40. The normalized spacial score (nSPS) is 19.3. The predicted octanol–water partition coefficient (Wildman–Crippen LogP) is 2.35. The number of carbonyl (C=O) groups is 3. The molecule has 0 aromatic heterocycles. The number of nitrogens with zero attached hydrogens (tertiary/aromatic N) is 2. The fourth-order valence-corrected chi connectivity index (χ4v) is 4.61. The number of anilines is 2. The van der Waals surface area contributed by atoms with Crippen molar-refractivity contribution in [1.29, 1.82) is 0 Å². The molecule has 8 heteroatoms. The minimum absolute atomic E-state index is 0.0142. The molecule has 2 fully saturated rings. The van der Waals surface area contributed by atoms with E-state index in [0.717, 1.165) is 42.9 Å². The highest BCUT2D eigenvalue weighted by atomic mass is 16.2. The van der Waals surface area contributed by atoms with E-state index < -0.39 is 0 Å². The summed E-state index contributed by atoms with van der Waals surface area (Å²) in [6.45, 7) is 5.22. The number of hydrogen-bond donors (Lipinski definition) is 3. The summed E-state index contributed by atoms with van der Waals surface area (Å²) in [6, 6.07) is 14.5. The standard InChI is InChI=1S/C26H33N5O3/c1-18(30-11-2-3-12-30)25(33)29-22-7-9-23(10-8-22)31-17-20(14-24(31)32)16-28-26(34)21-6-4-5-19(13-21)15-27/h4-10,13,18,20H,2-3,11-12,14-17,27H2,1H3,(H,28,34)(H,29,33). The molecule has 4 N–H and O–H groups in total. The van der Waals surface area contributed by atoms with Crippen LogP contribution >= 0.6 is 0 Å². The summed E-state index contributed by atoms with van der Waals surface area (Å²) >= 11 is 0. The Balaban J connectivity index is 1.29. The third-order valence-electron chi connectivity index (χ3n) is 6.70. The van der Waals surface area contributed by atoms with Crippen molar-refractivity contribution in [2.45, 2.75) is 38.8 Å². The van der Waals surface area contributed by atoms with Crippen LogP contribution in [-0.4, -0.2) is 54.8 Å². The first-order valence-electron chi connectivity index (χ1n) is 12.0. The Morgan fingerprint density at radius 3 is 2.56 bits per heavy atom. The Bertz CT molecular complexity index is 1030. The molecule has 2 saturated heterocycles. The molecular formula is C26H33N5O3. The maximum absolute atomic E-state index is 12.6.